The number of para-hydroxylation sites is 1. The topological polar surface area (TPSA) is 43.4 Å². The SMILES string of the molecule is CC(=O)c1ccccc1OC(=O)/C=C/c1cccc(C)c1C. The predicted molar refractivity (Wildman–Crippen MR) is 87.0 cm³/mol. The van der Waals surface area contributed by atoms with Gasteiger partial charge in [-0.2, -0.15) is 0 Å². The molecule has 0 heterocycles. The molecule has 2 aromatic rings. The molecule has 2 rings (SSSR count). The lowest BCUT2D eigenvalue weighted by Crippen LogP contribution is -2.07. The monoisotopic (exact) mass is 294 g/mol. The summed E-state index contributed by atoms with van der Waals surface area (Å²) >= 11 is 0. The Morgan fingerprint density at radius 2 is 1.73 bits per heavy atom. The molecule has 0 aliphatic carbocycles. The van der Waals surface area contributed by atoms with Crippen LogP contribution >= 0.6 is 0 Å². The maximum absolute atomic E-state index is 11.9. The maximum atomic E-state index is 11.9. The van der Waals surface area contributed by atoms with Gasteiger partial charge in [-0.25, -0.2) is 4.79 Å². The van der Waals surface area contributed by atoms with Crippen LogP contribution in [-0.2, 0) is 4.79 Å². The molecule has 0 unspecified atom stereocenters. The Morgan fingerprint density at radius 1 is 1.00 bits per heavy atom. The van der Waals surface area contributed by atoms with E-state index in [9.17, 15) is 9.59 Å². The highest BCUT2D eigenvalue weighted by atomic mass is 16.5. The van der Waals surface area contributed by atoms with Crippen molar-refractivity contribution < 1.29 is 14.3 Å². The fraction of sp³-hybridized carbons (Fsp3) is 0.158. The van der Waals surface area contributed by atoms with Gasteiger partial charge in [0.25, 0.3) is 0 Å². The van der Waals surface area contributed by atoms with E-state index in [1.807, 2.05) is 32.0 Å². The molecule has 0 spiro atoms. The molecule has 0 saturated heterocycles. The number of carbonyl (C=O) groups is 2. The smallest absolute Gasteiger partial charge is 0.336 e. The normalized spacial score (nSPS) is 10.7. The minimum Gasteiger partial charge on any atom is -0.423 e. The molecule has 3 heteroatoms. The zero-order valence-electron chi connectivity index (χ0n) is 12.9. The van der Waals surface area contributed by atoms with Crippen LogP contribution in [0.5, 0.6) is 5.75 Å². The Kier molecular flexibility index (Phi) is 4.89. The molecule has 3 nitrogen and oxygen atoms in total. The molecule has 0 aliphatic rings. The fourth-order valence-corrected chi connectivity index (χ4v) is 2.10. The number of rotatable bonds is 4. The van der Waals surface area contributed by atoms with Gasteiger partial charge in [-0.3, -0.25) is 4.79 Å². The van der Waals surface area contributed by atoms with Gasteiger partial charge in [-0.1, -0.05) is 30.3 Å². The highest BCUT2D eigenvalue weighted by Gasteiger charge is 2.10. The number of aryl methyl sites for hydroxylation is 1. The van der Waals surface area contributed by atoms with E-state index < -0.39 is 5.97 Å². The lowest BCUT2D eigenvalue weighted by atomic mass is 10.0. The molecule has 0 atom stereocenters. The van der Waals surface area contributed by atoms with Crippen LogP contribution in [0.4, 0.5) is 0 Å². The minimum atomic E-state index is -0.505. The van der Waals surface area contributed by atoms with Crippen LogP contribution in [0.2, 0.25) is 0 Å². The predicted octanol–water partition coefficient (Wildman–Crippen LogP) is 4.12. The van der Waals surface area contributed by atoms with E-state index in [1.165, 1.54) is 13.0 Å². The van der Waals surface area contributed by atoms with Gasteiger partial charge >= 0.3 is 5.97 Å². The summed E-state index contributed by atoms with van der Waals surface area (Å²) in [6.07, 6.45) is 3.10. The van der Waals surface area contributed by atoms with Gasteiger partial charge in [0, 0.05) is 6.08 Å². The fourth-order valence-electron chi connectivity index (χ4n) is 2.10. The first kappa shape index (κ1) is 15.7. The van der Waals surface area contributed by atoms with Crippen molar-refractivity contribution in [2.45, 2.75) is 20.8 Å². The third-order valence-corrected chi connectivity index (χ3v) is 3.52. The molecule has 0 N–H and O–H groups in total. The van der Waals surface area contributed by atoms with E-state index in [-0.39, 0.29) is 11.5 Å². The number of ether oxygens (including phenoxy) is 1. The third-order valence-electron chi connectivity index (χ3n) is 3.52. The summed E-state index contributed by atoms with van der Waals surface area (Å²) in [6.45, 7) is 5.47. The standard InChI is InChI=1S/C19H18O3/c1-13-7-6-8-16(14(13)2)11-12-19(21)22-18-10-5-4-9-17(18)15(3)20/h4-12H,1-3H3/b12-11+. The zero-order chi connectivity index (χ0) is 16.1. The van der Waals surface area contributed by atoms with E-state index in [4.69, 9.17) is 4.74 Å². The Morgan fingerprint density at radius 3 is 2.45 bits per heavy atom. The van der Waals surface area contributed by atoms with Crippen LogP contribution in [0, 0.1) is 13.8 Å². The first-order valence-electron chi connectivity index (χ1n) is 7.05. The van der Waals surface area contributed by atoms with E-state index in [2.05, 4.69) is 0 Å². The van der Waals surface area contributed by atoms with Crippen molar-refractivity contribution in [3.8, 4) is 5.75 Å². The Bertz CT molecular complexity index is 742. The van der Waals surface area contributed by atoms with E-state index in [0.717, 1.165) is 16.7 Å². The van der Waals surface area contributed by atoms with Gasteiger partial charge in [0.15, 0.2) is 5.78 Å². The number of esters is 1. The molecular formula is C19H18O3. The van der Waals surface area contributed by atoms with Crippen LogP contribution in [0.3, 0.4) is 0 Å². The molecule has 0 bridgehead atoms. The maximum Gasteiger partial charge on any atom is 0.336 e. The van der Waals surface area contributed by atoms with Crippen LogP contribution in [0.25, 0.3) is 6.08 Å². The first-order chi connectivity index (χ1) is 10.5. The summed E-state index contributed by atoms with van der Waals surface area (Å²) in [7, 11) is 0. The van der Waals surface area contributed by atoms with Crippen molar-refractivity contribution in [3.05, 3.63) is 70.8 Å². The number of hydrogen-bond donors (Lipinski definition) is 0. The van der Waals surface area contributed by atoms with Gasteiger partial charge in [-0.05, 0) is 55.7 Å². The van der Waals surface area contributed by atoms with E-state index >= 15 is 0 Å². The van der Waals surface area contributed by atoms with Crippen LogP contribution < -0.4 is 4.74 Å². The minimum absolute atomic E-state index is 0.137. The summed E-state index contributed by atoms with van der Waals surface area (Å²) in [5.74, 6) is -0.359. The highest BCUT2D eigenvalue weighted by Crippen LogP contribution is 2.19. The Labute approximate surface area is 130 Å². The van der Waals surface area contributed by atoms with Crippen molar-refractivity contribution in [3.63, 3.8) is 0 Å². The number of benzene rings is 2. The molecule has 0 fully saturated rings. The first-order valence-corrected chi connectivity index (χ1v) is 7.05. The molecule has 2 aromatic carbocycles. The number of carbonyl (C=O) groups excluding carboxylic acids is 2. The summed E-state index contributed by atoms with van der Waals surface area (Å²) in [5.41, 5.74) is 3.65. The zero-order valence-corrected chi connectivity index (χ0v) is 12.9. The van der Waals surface area contributed by atoms with Gasteiger partial charge in [-0.15, -0.1) is 0 Å². The van der Waals surface area contributed by atoms with Gasteiger partial charge in [0.2, 0.25) is 0 Å². The van der Waals surface area contributed by atoms with Crippen molar-refractivity contribution in [1.82, 2.24) is 0 Å². The molecule has 0 amide bonds. The number of ketones is 1. The average molecular weight is 294 g/mol. The van der Waals surface area contributed by atoms with Crippen LogP contribution in [0.1, 0.15) is 34.0 Å². The molecule has 0 aliphatic heterocycles. The van der Waals surface area contributed by atoms with Crippen LogP contribution in [0.15, 0.2) is 48.5 Å². The van der Waals surface area contributed by atoms with Crippen molar-refractivity contribution in [2.75, 3.05) is 0 Å². The van der Waals surface area contributed by atoms with Gasteiger partial charge < -0.3 is 4.74 Å². The molecule has 112 valence electrons. The van der Waals surface area contributed by atoms with Gasteiger partial charge in [0.1, 0.15) is 5.75 Å². The number of Topliss-reactive ketones (excluding diaryl/α,β-unsaturated/α-hetero) is 1. The molecule has 0 radical (unpaired) electrons. The van der Waals surface area contributed by atoms with Crippen LogP contribution in [-0.4, -0.2) is 11.8 Å². The van der Waals surface area contributed by atoms with E-state index in [0.29, 0.717) is 5.56 Å². The molecular weight excluding hydrogens is 276 g/mol. The average Bonchev–Trinajstić information content (AvgIpc) is 2.49. The summed E-state index contributed by atoms with van der Waals surface area (Å²) < 4.78 is 5.25. The lowest BCUT2D eigenvalue weighted by Gasteiger charge is -2.06. The second-order valence-electron chi connectivity index (χ2n) is 5.10. The van der Waals surface area contributed by atoms with Gasteiger partial charge in [0.05, 0.1) is 5.56 Å². The molecule has 22 heavy (non-hydrogen) atoms. The third kappa shape index (κ3) is 3.70. The van der Waals surface area contributed by atoms with Crippen molar-refractivity contribution in [2.24, 2.45) is 0 Å². The summed E-state index contributed by atoms with van der Waals surface area (Å²) in [5, 5.41) is 0. The Hall–Kier alpha value is -2.68. The quantitative estimate of drug-likeness (QED) is 0.368. The largest absolute Gasteiger partial charge is 0.423 e. The van der Waals surface area contributed by atoms with Crippen molar-refractivity contribution >= 4 is 17.8 Å². The lowest BCUT2D eigenvalue weighted by molar-refractivity contribution is -0.128. The molecule has 0 aromatic heterocycles. The summed E-state index contributed by atoms with van der Waals surface area (Å²) in [6, 6.07) is 12.6. The molecule has 0 saturated carbocycles. The van der Waals surface area contributed by atoms with E-state index in [1.54, 1.807) is 30.3 Å². The second-order valence-corrected chi connectivity index (χ2v) is 5.10. The Balaban J connectivity index is 2.15. The van der Waals surface area contributed by atoms with Crippen molar-refractivity contribution in [1.29, 1.82) is 0 Å². The summed E-state index contributed by atoms with van der Waals surface area (Å²) in [4.78, 5) is 23.4. The second kappa shape index (κ2) is 6.85. The highest BCUT2D eigenvalue weighted by molar-refractivity contribution is 5.98. The number of hydrogen-bond acceptors (Lipinski definition) is 3.